The smallest absolute Gasteiger partial charge is 0.124 e. The fraction of sp³-hybridized carbons (Fsp3) is 0.571. The van der Waals surface area contributed by atoms with Crippen molar-refractivity contribution in [1.29, 1.82) is 0 Å². The lowest BCUT2D eigenvalue weighted by Crippen LogP contribution is -2.43. The van der Waals surface area contributed by atoms with Crippen LogP contribution in [0.1, 0.15) is 17.2 Å². The molecule has 1 N–H and O–H groups in total. The number of nitrogens with one attached hydrogen (secondary N) is 1. The minimum atomic E-state index is 0.336. The Hall–Kier alpha value is -1.26. The topological polar surface area (TPSA) is 33.7 Å². The standard InChI is InChI=1S/C14H22N2O2/c1-10-7-14(18-4)11(8-13(10)17-3)12-9-15-5-6-16(12)2/h7-8,12,15H,5-6,9H2,1-4H3. The van der Waals surface area contributed by atoms with E-state index in [1.807, 2.05) is 6.92 Å². The van der Waals surface area contributed by atoms with Gasteiger partial charge in [0, 0.05) is 25.2 Å². The Labute approximate surface area is 109 Å². The van der Waals surface area contributed by atoms with Crippen LogP contribution in [0.4, 0.5) is 0 Å². The molecule has 0 saturated carbocycles. The average Bonchev–Trinajstić information content (AvgIpc) is 2.39. The number of hydrogen-bond acceptors (Lipinski definition) is 4. The van der Waals surface area contributed by atoms with Gasteiger partial charge >= 0.3 is 0 Å². The van der Waals surface area contributed by atoms with Gasteiger partial charge in [-0.15, -0.1) is 0 Å². The van der Waals surface area contributed by atoms with Gasteiger partial charge in [-0.05, 0) is 31.7 Å². The Kier molecular flexibility index (Phi) is 4.09. The monoisotopic (exact) mass is 250 g/mol. The van der Waals surface area contributed by atoms with Gasteiger partial charge in [0.15, 0.2) is 0 Å². The second-order valence-electron chi connectivity index (χ2n) is 4.76. The molecule has 4 nitrogen and oxygen atoms in total. The highest BCUT2D eigenvalue weighted by Gasteiger charge is 2.24. The Morgan fingerprint density at radius 3 is 2.56 bits per heavy atom. The molecule has 1 aliphatic rings. The molecule has 1 unspecified atom stereocenters. The minimum Gasteiger partial charge on any atom is -0.496 e. The molecule has 1 fully saturated rings. The number of ether oxygens (including phenoxy) is 2. The van der Waals surface area contributed by atoms with E-state index in [1.54, 1.807) is 14.2 Å². The van der Waals surface area contributed by atoms with Crippen LogP contribution in [0, 0.1) is 6.92 Å². The molecule has 4 heteroatoms. The Morgan fingerprint density at radius 2 is 1.94 bits per heavy atom. The first kappa shape index (κ1) is 13.2. The summed E-state index contributed by atoms with van der Waals surface area (Å²) in [6, 6.07) is 4.49. The second kappa shape index (κ2) is 5.59. The van der Waals surface area contributed by atoms with Crippen molar-refractivity contribution in [3.8, 4) is 11.5 Å². The zero-order valence-corrected chi connectivity index (χ0v) is 11.6. The lowest BCUT2D eigenvalue weighted by Gasteiger charge is -2.34. The van der Waals surface area contributed by atoms with E-state index in [0.29, 0.717) is 6.04 Å². The summed E-state index contributed by atoms with van der Waals surface area (Å²) in [6.07, 6.45) is 0. The summed E-state index contributed by atoms with van der Waals surface area (Å²) in [5.74, 6) is 1.86. The van der Waals surface area contributed by atoms with Crippen LogP contribution < -0.4 is 14.8 Å². The molecule has 1 atom stereocenters. The van der Waals surface area contributed by atoms with Gasteiger partial charge in [0.25, 0.3) is 0 Å². The highest BCUT2D eigenvalue weighted by Crippen LogP contribution is 2.34. The quantitative estimate of drug-likeness (QED) is 0.883. The summed E-state index contributed by atoms with van der Waals surface area (Å²) in [7, 11) is 5.58. The van der Waals surface area contributed by atoms with Gasteiger partial charge in [-0.3, -0.25) is 4.90 Å². The molecular weight excluding hydrogens is 228 g/mol. The summed E-state index contributed by atoms with van der Waals surface area (Å²) in [5, 5.41) is 3.43. The summed E-state index contributed by atoms with van der Waals surface area (Å²) < 4.78 is 10.9. The first-order valence-corrected chi connectivity index (χ1v) is 6.31. The molecule has 18 heavy (non-hydrogen) atoms. The van der Waals surface area contributed by atoms with Gasteiger partial charge in [-0.1, -0.05) is 0 Å². The van der Waals surface area contributed by atoms with Crippen molar-refractivity contribution in [2.24, 2.45) is 0 Å². The Morgan fingerprint density at radius 1 is 1.22 bits per heavy atom. The van der Waals surface area contributed by atoms with Crippen molar-refractivity contribution >= 4 is 0 Å². The van der Waals surface area contributed by atoms with E-state index in [9.17, 15) is 0 Å². The number of benzene rings is 1. The van der Waals surface area contributed by atoms with E-state index < -0.39 is 0 Å². The van der Waals surface area contributed by atoms with Crippen LogP contribution in [0.2, 0.25) is 0 Å². The third-order valence-electron chi connectivity index (χ3n) is 3.62. The normalized spacial score (nSPS) is 20.8. The lowest BCUT2D eigenvalue weighted by molar-refractivity contribution is 0.198. The van der Waals surface area contributed by atoms with Gasteiger partial charge in [-0.25, -0.2) is 0 Å². The largest absolute Gasteiger partial charge is 0.496 e. The van der Waals surface area contributed by atoms with Crippen LogP contribution in [-0.4, -0.2) is 45.8 Å². The fourth-order valence-corrected chi connectivity index (χ4v) is 2.49. The summed E-state index contributed by atoms with van der Waals surface area (Å²) in [6.45, 7) is 5.06. The van der Waals surface area contributed by atoms with Crippen molar-refractivity contribution in [1.82, 2.24) is 10.2 Å². The van der Waals surface area contributed by atoms with Crippen LogP contribution in [0.25, 0.3) is 0 Å². The van der Waals surface area contributed by atoms with Crippen molar-refractivity contribution < 1.29 is 9.47 Å². The number of methoxy groups -OCH3 is 2. The minimum absolute atomic E-state index is 0.336. The highest BCUT2D eigenvalue weighted by molar-refractivity contribution is 5.47. The lowest BCUT2D eigenvalue weighted by atomic mass is 10.00. The van der Waals surface area contributed by atoms with Crippen LogP contribution in [-0.2, 0) is 0 Å². The summed E-state index contributed by atoms with van der Waals surface area (Å²) >= 11 is 0. The zero-order chi connectivity index (χ0) is 13.1. The average molecular weight is 250 g/mol. The number of aryl methyl sites for hydroxylation is 1. The number of nitrogens with zero attached hydrogens (tertiary/aromatic N) is 1. The van der Waals surface area contributed by atoms with Gasteiger partial charge in [0.05, 0.1) is 20.3 Å². The van der Waals surface area contributed by atoms with E-state index >= 15 is 0 Å². The maximum Gasteiger partial charge on any atom is 0.124 e. The predicted molar refractivity (Wildman–Crippen MR) is 72.5 cm³/mol. The SMILES string of the molecule is COc1cc(C2CNCCN2C)c(OC)cc1C. The number of hydrogen-bond donors (Lipinski definition) is 1. The molecule has 0 bridgehead atoms. The fourth-order valence-electron chi connectivity index (χ4n) is 2.49. The van der Waals surface area contributed by atoms with Crippen LogP contribution in [0.5, 0.6) is 11.5 Å². The molecule has 100 valence electrons. The van der Waals surface area contributed by atoms with E-state index in [0.717, 1.165) is 36.7 Å². The number of likely N-dealkylation sites (N-methyl/N-ethyl adjacent to an activating group) is 1. The van der Waals surface area contributed by atoms with Crippen molar-refractivity contribution in [3.05, 3.63) is 23.3 Å². The van der Waals surface area contributed by atoms with Gasteiger partial charge in [0.2, 0.25) is 0 Å². The maximum atomic E-state index is 5.52. The van der Waals surface area contributed by atoms with E-state index in [-0.39, 0.29) is 0 Å². The second-order valence-corrected chi connectivity index (χ2v) is 4.76. The molecular formula is C14H22N2O2. The zero-order valence-electron chi connectivity index (χ0n) is 11.6. The van der Waals surface area contributed by atoms with E-state index in [2.05, 4.69) is 29.4 Å². The molecule has 0 amide bonds. The molecule has 1 aromatic carbocycles. The van der Waals surface area contributed by atoms with E-state index in [4.69, 9.17) is 9.47 Å². The molecule has 1 aromatic rings. The van der Waals surface area contributed by atoms with E-state index in [1.165, 1.54) is 5.56 Å². The maximum absolute atomic E-state index is 5.52. The van der Waals surface area contributed by atoms with Gasteiger partial charge < -0.3 is 14.8 Å². The molecule has 0 aliphatic carbocycles. The van der Waals surface area contributed by atoms with Gasteiger partial charge in [0.1, 0.15) is 11.5 Å². The Bertz CT molecular complexity index is 421. The van der Waals surface area contributed by atoms with Crippen LogP contribution in [0.15, 0.2) is 12.1 Å². The number of rotatable bonds is 3. The van der Waals surface area contributed by atoms with Crippen molar-refractivity contribution in [2.75, 3.05) is 40.9 Å². The van der Waals surface area contributed by atoms with Crippen LogP contribution >= 0.6 is 0 Å². The van der Waals surface area contributed by atoms with Crippen LogP contribution in [0.3, 0.4) is 0 Å². The molecule has 2 rings (SSSR count). The van der Waals surface area contributed by atoms with Crippen molar-refractivity contribution in [3.63, 3.8) is 0 Å². The molecule has 0 spiro atoms. The van der Waals surface area contributed by atoms with Crippen molar-refractivity contribution in [2.45, 2.75) is 13.0 Å². The molecule has 1 aliphatic heterocycles. The molecule has 1 heterocycles. The first-order valence-electron chi connectivity index (χ1n) is 6.31. The third-order valence-corrected chi connectivity index (χ3v) is 3.62. The highest BCUT2D eigenvalue weighted by atomic mass is 16.5. The third kappa shape index (κ3) is 2.44. The molecule has 0 aromatic heterocycles. The summed E-state index contributed by atoms with van der Waals surface area (Å²) in [4.78, 5) is 2.35. The molecule has 1 saturated heterocycles. The summed E-state index contributed by atoms with van der Waals surface area (Å²) in [5.41, 5.74) is 2.29. The first-order chi connectivity index (χ1) is 8.67. The van der Waals surface area contributed by atoms with Gasteiger partial charge in [-0.2, -0.15) is 0 Å². The predicted octanol–water partition coefficient (Wildman–Crippen LogP) is 1.59. The Balaban J connectivity index is 2.40. The number of piperazine rings is 1. The molecule has 0 radical (unpaired) electrons.